The molecule has 0 bridgehead atoms. The molecule has 16 N–H and O–H groups in total. The van der Waals surface area contributed by atoms with E-state index in [4.69, 9.17) is 22.9 Å². The van der Waals surface area contributed by atoms with Crippen molar-refractivity contribution in [3.8, 4) is 5.75 Å². The Morgan fingerprint density at radius 1 is 0.603 bits per heavy atom. The molecule has 0 saturated heterocycles. The summed E-state index contributed by atoms with van der Waals surface area (Å²) >= 11 is 0. The summed E-state index contributed by atoms with van der Waals surface area (Å²) in [7, 11) is -2.05. The average Bonchev–Trinajstić information content (AvgIpc) is 3.13. The number of hydrogen-bond donors (Lipinski definition) is 12. The molecule has 1 aromatic carbocycles. The van der Waals surface area contributed by atoms with Crippen LogP contribution in [0.1, 0.15) is 105 Å². The first-order chi connectivity index (χ1) is 27.2. The van der Waals surface area contributed by atoms with Crippen molar-refractivity contribution >= 4 is 48.0 Å². The van der Waals surface area contributed by atoms with Gasteiger partial charge in [0.05, 0.1) is 6.04 Å². The molecule has 328 valence electrons. The van der Waals surface area contributed by atoms with Crippen molar-refractivity contribution in [2.24, 2.45) is 40.7 Å². The van der Waals surface area contributed by atoms with Gasteiger partial charge in [0, 0.05) is 11.9 Å². The molecule has 58 heavy (non-hydrogen) atoms. The number of amides is 6. The molecule has 0 unspecified atom stereocenters. The number of phenols is 1. The molecule has 0 aliphatic heterocycles. The Labute approximate surface area is 343 Å². The number of carbonyl (C=O) groups excluding carboxylic acids is 6. The van der Waals surface area contributed by atoms with Crippen LogP contribution in [-0.4, -0.2) is 107 Å². The summed E-state index contributed by atoms with van der Waals surface area (Å²) in [5.41, 5.74) is 23.0. The lowest BCUT2D eigenvalue weighted by Crippen LogP contribution is -2.60. The largest absolute Gasteiger partial charge is 0.508 e. The quantitative estimate of drug-likeness (QED) is 0.0331. The minimum atomic E-state index is -2.05. The molecule has 18 nitrogen and oxygen atoms in total. The molecule has 0 aliphatic carbocycles. The topological polar surface area (TPSA) is 327 Å². The van der Waals surface area contributed by atoms with Crippen LogP contribution < -0.4 is 55.0 Å². The van der Waals surface area contributed by atoms with Crippen molar-refractivity contribution < 1.29 is 43.9 Å². The van der Waals surface area contributed by atoms with Crippen molar-refractivity contribution in [3.05, 3.63) is 23.8 Å². The monoisotopic (exact) mass is 820 g/mol. The highest BCUT2D eigenvalue weighted by Crippen LogP contribution is 2.14. The van der Waals surface area contributed by atoms with E-state index in [0.29, 0.717) is 50.8 Å². The number of phenolic OH excluding ortho intramolecular Hbond substituents is 1. The number of nitrogens with two attached hydrogens (primary N) is 4. The minimum Gasteiger partial charge on any atom is -0.508 e. The molecule has 0 saturated carbocycles. The Morgan fingerprint density at radius 3 is 1.48 bits per heavy atom. The summed E-state index contributed by atoms with van der Waals surface area (Å²) in [6.45, 7) is 11.9. The first kappa shape index (κ1) is 51.7. The zero-order valence-corrected chi connectivity index (χ0v) is 35.1. The maximum absolute atomic E-state index is 14.2. The number of unbranched alkanes of at least 4 members (excludes halogenated alkanes) is 2. The third kappa shape index (κ3) is 19.4. The molecule has 0 fully saturated rings. The van der Waals surface area contributed by atoms with Gasteiger partial charge in [0.2, 0.25) is 35.4 Å². The van der Waals surface area contributed by atoms with Gasteiger partial charge in [-0.05, 0) is 93.8 Å². The van der Waals surface area contributed by atoms with Gasteiger partial charge in [-0.3, -0.25) is 28.8 Å². The Kier molecular flexibility index (Phi) is 23.8. The lowest BCUT2D eigenvalue weighted by Gasteiger charge is -2.28. The second-order valence-corrected chi connectivity index (χ2v) is 16.2. The van der Waals surface area contributed by atoms with Gasteiger partial charge in [0.1, 0.15) is 36.0 Å². The Balaban J connectivity index is 3.54. The summed E-state index contributed by atoms with van der Waals surface area (Å²) < 4.78 is 0. The van der Waals surface area contributed by atoms with Crippen LogP contribution in [-0.2, 0) is 35.2 Å². The maximum Gasteiger partial charge on any atom is 0.492 e. The molecule has 6 amide bonds. The fourth-order valence-corrected chi connectivity index (χ4v) is 6.28. The molecule has 0 radical (unpaired) electrons. The van der Waals surface area contributed by atoms with Gasteiger partial charge in [-0.25, -0.2) is 0 Å². The predicted octanol–water partition coefficient (Wildman–Crippen LogP) is -1.75. The van der Waals surface area contributed by atoms with E-state index in [1.807, 2.05) is 41.5 Å². The van der Waals surface area contributed by atoms with Gasteiger partial charge >= 0.3 is 7.12 Å². The number of primary amides is 1. The molecular formula is C39H70BN9O9. The van der Waals surface area contributed by atoms with E-state index < -0.39 is 84.6 Å². The molecule has 1 rings (SSSR count). The van der Waals surface area contributed by atoms with Gasteiger partial charge in [-0.15, -0.1) is 0 Å². The first-order valence-corrected chi connectivity index (χ1v) is 20.3. The summed E-state index contributed by atoms with van der Waals surface area (Å²) in [5, 5.41) is 43.3. The van der Waals surface area contributed by atoms with E-state index in [2.05, 4.69) is 26.6 Å². The van der Waals surface area contributed by atoms with Crippen molar-refractivity contribution in [1.29, 1.82) is 0 Å². The second-order valence-electron chi connectivity index (χ2n) is 16.2. The van der Waals surface area contributed by atoms with Gasteiger partial charge in [-0.1, -0.05) is 60.1 Å². The third-order valence-corrected chi connectivity index (χ3v) is 9.38. The van der Waals surface area contributed by atoms with Crippen LogP contribution in [0.15, 0.2) is 18.2 Å². The Hall–Kier alpha value is -4.30. The van der Waals surface area contributed by atoms with Crippen LogP contribution in [0.4, 0.5) is 0 Å². The van der Waals surface area contributed by atoms with Crippen LogP contribution in [0, 0.1) is 17.8 Å². The number of carbonyl (C=O) groups is 6. The zero-order chi connectivity index (χ0) is 44.1. The molecule has 0 spiro atoms. The van der Waals surface area contributed by atoms with E-state index in [1.54, 1.807) is 0 Å². The first-order valence-electron chi connectivity index (χ1n) is 20.3. The second kappa shape index (κ2) is 26.7. The van der Waals surface area contributed by atoms with Crippen molar-refractivity contribution in [1.82, 2.24) is 26.6 Å². The number of aromatic hydroxyl groups is 1. The van der Waals surface area contributed by atoms with E-state index in [-0.39, 0.29) is 55.3 Å². The number of rotatable bonds is 28. The molecule has 6 atom stereocenters. The standard InChI is InChI=1S/C39H70BN9O9/c1-22(2)17-29(34(44)51)46-37(54)30(18-23(3)4)48-39(56)32(21-25-13-14-33(50)26(20-25)40(57)58)49-38(55)31(19-24(5)6)47-36(53)28(12-8-10-16-42)45-35(52)27(43)11-7-9-15-41/h13-14,20,22-24,27-32,50,57-58H,7-12,15-19,21,41-43H2,1-6H3,(H2,44,51)(H,45,52)(H,46,54)(H,47,53)(H,48,56)(H,49,55)/t27-,28-,29-,30-,31-,32-/m0/s1. The van der Waals surface area contributed by atoms with E-state index >= 15 is 0 Å². The van der Waals surface area contributed by atoms with Crippen LogP contribution in [0.2, 0.25) is 0 Å². The maximum atomic E-state index is 14.2. The molecule has 19 heteroatoms. The number of benzene rings is 1. The zero-order valence-electron chi connectivity index (χ0n) is 35.1. The summed E-state index contributed by atoms with van der Waals surface area (Å²) in [5.74, 6) is -4.72. The van der Waals surface area contributed by atoms with Gasteiger partial charge in [-0.2, -0.15) is 0 Å². The summed E-state index contributed by atoms with van der Waals surface area (Å²) in [6.07, 6.45) is 3.30. The molecule has 0 aromatic heterocycles. The smallest absolute Gasteiger partial charge is 0.492 e. The summed E-state index contributed by atoms with van der Waals surface area (Å²) in [6, 6.07) is -2.76. The van der Waals surface area contributed by atoms with Gasteiger partial charge < -0.3 is 64.7 Å². The van der Waals surface area contributed by atoms with Gasteiger partial charge in [0.15, 0.2) is 0 Å². The fourth-order valence-electron chi connectivity index (χ4n) is 6.28. The average molecular weight is 820 g/mol. The highest BCUT2D eigenvalue weighted by molar-refractivity contribution is 6.59. The Bertz CT molecular complexity index is 1480. The van der Waals surface area contributed by atoms with Crippen LogP contribution in [0.5, 0.6) is 5.75 Å². The number of hydrogen-bond acceptors (Lipinski definition) is 12. The van der Waals surface area contributed by atoms with Crippen LogP contribution >= 0.6 is 0 Å². The molecule has 0 heterocycles. The predicted molar refractivity (Wildman–Crippen MR) is 223 cm³/mol. The number of nitrogens with one attached hydrogen (secondary N) is 5. The summed E-state index contributed by atoms with van der Waals surface area (Å²) in [4.78, 5) is 80.8. The van der Waals surface area contributed by atoms with E-state index in [9.17, 15) is 43.9 Å². The fraction of sp³-hybridized carbons (Fsp3) is 0.692. The van der Waals surface area contributed by atoms with Gasteiger partial charge in [0.25, 0.3) is 0 Å². The van der Waals surface area contributed by atoms with Crippen molar-refractivity contribution in [3.63, 3.8) is 0 Å². The van der Waals surface area contributed by atoms with Crippen LogP contribution in [0.25, 0.3) is 0 Å². The molecular weight excluding hydrogens is 749 g/mol. The minimum absolute atomic E-state index is 0.0176. The highest BCUT2D eigenvalue weighted by atomic mass is 16.4. The SMILES string of the molecule is CC(C)C[C@H](NC(=O)[C@H](CC(C)C)NC(=O)[C@H](Cc1ccc(O)c(B(O)O)c1)NC(=O)[C@H](CC(C)C)NC(=O)[C@H](CCCCN)NC(=O)[C@@H](N)CCCCN)C(N)=O. The van der Waals surface area contributed by atoms with E-state index in [1.165, 1.54) is 18.2 Å². The highest BCUT2D eigenvalue weighted by Gasteiger charge is 2.34. The molecule has 0 aliphatic rings. The van der Waals surface area contributed by atoms with Crippen molar-refractivity contribution in [2.75, 3.05) is 13.1 Å². The van der Waals surface area contributed by atoms with Crippen molar-refractivity contribution in [2.45, 2.75) is 142 Å². The lowest BCUT2D eigenvalue weighted by atomic mass is 9.78. The lowest BCUT2D eigenvalue weighted by molar-refractivity contribution is -0.135. The normalized spacial score (nSPS) is 14.5. The third-order valence-electron chi connectivity index (χ3n) is 9.38. The van der Waals surface area contributed by atoms with E-state index in [0.717, 1.165) is 0 Å². The molecule has 1 aromatic rings. The Morgan fingerprint density at radius 2 is 1.02 bits per heavy atom. The van der Waals surface area contributed by atoms with Crippen LogP contribution in [0.3, 0.4) is 0 Å².